The van der Waals surface area contributed by atoms with Gasteiger partial charge in [-0.3, -0.25) is 0 Å². The molecule has 4 aromatic heterocycles. The molecule has 0 aliphatic carbocycles. The van der Waals surface area contributed by atoms with Gasteiger partial charge in [0.15, 0.2) is 17.5 Å². The molecule has 0 atom stereocenters. The Hall–Kier alpha value is -8.35. The lowest BCUT2D eigenvalue weighted by Crippen LogP contribution is -2.00. The van der Waals surface area contributed by atoms with Gasteiger partial charge >= 0.3 is 0 Å². The third-order valence-electron chi connectivity index (χ3n) is 12.0. The Morgan fingerprint density at radius 3 is 1.70 bits per heavy atom. The molecule has 13 aromatic rings. The van der Waals surface area contributed by atoms with E-state index in [0.717, 1.165) is 99.2 Å². The van der Waals surface area contributed by atoms with Gasteiger partial charge in [-0.2, -0.15) is 0 Å². The Kier molecular flexibility index (Phi) is 7.21. The number of benzene rings is 9. The summed E-state index contributed by atoms with van der Waals surface area (Å²) in [5.41, 5.74) is 11.4. The number of aromatic nitrogens is 4. The first-order valence-electron chi connectivity index (χ1n) is 20.4. The highest BCUT2D eigenvalue weighted by atomic mass is 16.3. The van der Waals surface area contributed by atoms with E-state index in [1.807, 2.05) is 42.5 Å². The third kappa shape index (κ3) is 5.19. The predicted molar refractivity (Wildman–Crippen MR) is 248 cm³/mol. The molecule has 9 aromatic carbocycles. The molecule has 0 amide bonds. The number of para-hydroxylation sites is 2. The van der Waals surface area contributed by atoms with Crippen molar-refractivity contribution in [3.8, 4) is 51.0 Å². The molecule has 6 heteroatoms. The molecule has 6 nitrogen and oxygen atoms in total. The van der Waals surface area contributed by atoms with E-state index in [0.29, 0.717) is 17.5 Å². The van der Waals surface area contributed by atoms with E-state index < -0.39 is 0 Å². The highest BCUT2D eigenvalue weighted by molar-refractivity contribution is 6.19. The summed E-state index contributed by atoms with van der Waals surface area (Å²) in [6.45, 7) is 0. The zero-order chi connectivity index (χ0) is 40.0. The summed E-state index contributed by atoms with van der Waals surface area (Å²) >= 11 is 0. The number of rotatable bonds is 5. The monoisotopic (exact) mass is 780 g/mol. The average molecular weight is 781 g/mol. The van der Waals surface area contributed by atoms with Crippen LogP contribution >= 0.6 is 0 Å². The fourth-order valence-corrected chi connectivity index (χ4v) is 9.31. The second-order valence-corrected chi connectivity index (χ2v) is 15.5. The van der Waals surface area contributed by atoms with Crippen LogP contribution in [0, 0.1) is 0 Å². The van der Waals surface area contributed by atoms with Gasteiger partial charge in [0, 0.05) is 43.6 Å². The smallest absolute Gasteiger partial charge is 0.164 e. The molecule has 0 saturated heterocycles. The molecule has 0 radical (unpaired) electrons. The van der Waals surface area contributed by atoms with Crippen molar-refractivity contribution < 1.29 is 8.83 Å². The molecular weight excluding hydrogens is 749 g/mol. The van der Waals surface area contributed by atoms with Crippen molar-refractivity contribution in [2.45, 2.75) is 0 Å². The van der Waals surface area contributed by atoms with Crippen molar-refractivity contribution in [2.24, 2.45) is 0 Å². The molecule has 284 valence electrons. The lowest BCUT2D eigenvalue weighted by atomic mass is 9.96. The zero-order valence-corrected chi connectivity index (χ0v) is 32.6. The summed E-state index contributed by atoms with van der Waals surface area (Å²) in [5, 5.41) is 8.78. The Labute approximate surface area is 348 Å². The van der Waals surface area contributed by atoms with Gasteiger partial charge in [-0.1, -0.05) is 140 Å². The molecular formula is C55H32N4O2. The van der Waals surface area contributed by atoms with Gasteiger partial charge in [0.05, 0.1) is 22.1 Å². The van der Waals surface area contributed by atoms with Crippen molar-refractivity contribution in [1.82, 2.24) is 19.5 Å². The molecule has 0 unspecified atom stereocenters. The highest BCUT2D eigenvalue weighted by Gasteiger charge is 2.22. The SMILES string of the molecule is c1ccc(-c2nc(-c3ccc4ccccc4c3)nc(-c3cccc4oc5ccc(-c6cccc7oc8cccc(-n9c%10ccccc%10c%10ccccc%109)c8c67)cc5c34)n2)cc1. The first-order chi connectivity index (χ1) is 30.2. The Balaban J connectivity index is 1.03. The van der Waals surface area contributed by atoms with E-state index >= 15 is 0 Å². The van der Waals surface area contributed by atoms with Crippen LogP contribution in [0.3, 0.4) is 0 Å². The normalized spacial score (nSPS) is 11.9. The summed E-state index contributed by atoms with van der Waals surface area (Å²) in [7, 11) is 0. The average Bonchev–Trinajstić information content (AvgIpc) is 4.01. The highest BCUT2D eigenvalue weighted by Crippen LogP contribution is 2.44. The molecule has 13 rings (SSSR count). The fourth-order valence-electron chi connectivity index (χ4n) is 9.31. The van der Waals surface area contributed by atoms with Gasteiger partial charge in [-0.25, -0.2) is 15.0 Å². The Morgan fingerprint density at radius 2 is 0.918 bits per heavy atom. The molecule has 0 bridgehead atoms. The van der Waals surface area contributed by atoms with Gasteiger partial charge in [0.25, 0.3) is 0 Å². The van der Waals surface area contributed by atoms with Crippen molar-refractivity contribution in [2.75, 3.05) is 0 Å². The predicted octanol–water partition coefficient (Wildman–Crippen LogP) is 14.6. The van der Waals surface area contributed by atoms with E-state index in [9.17, 15) is 0 Å². The minimum absolute atomic E-state index is 0.578. The van der Waals surface area contributed by atoms with Crippen LogP contribution < -0.4 is 0 Å². The first-order valence-corrected chi connectivity index (χ1v) is 20.4. The largest absolute Gasteiger partial charge is 0.456 e. The summed E-state index contributed by atoms with van der Waals surface area (Å²) in [6, 6.07) is 67.3. The maximum absolute atomic E-state index is 6.66. The van der Waals surface area contributed by atoms with Gasteiger partial charge in [0.2, 0.25) is 0 Å². The number of fused-ring (bicyclic) bond motifs is 10. The quantitative estimate of drug-likeness (QED) is 0.174. The molecule has 0 saturated carbocycles. The second-order valence-electron chi connectivity index (χ2n) is 15.5. The van der Waals surface area contributed by atoms with Crippen molar-refractivity contribution in [3.05, 3.63) is 194 Å². The molecule has 4 heterocycles. The minimum Gasteiger partial charge on any atom is -0.456 e. The standard InChI is InChI=1S/C55H32N4O2/c1-2-14-34(15-3-1)53-56-54(37-28-27-33-13-4-5-16-35(33)31-37)58-55(57-53)41-20-11-24-47-50(41)42-32-36(29-30-46(42)60-47)38-19-10-25-48-51(38)52-45(23-12-26-49(52)61-48)59-43-21-8-6-17-39(43)40-18-7-9-22-44(40)59/h1-32H. The van der Waals surface area contributed by atoms with Gasteiger partial charge < -0.3 is 13.4 Å². The van der Waals surface area contributed by atoms with Crippen molar-refractivity contribution >= 4 is 76.5 Å². The van der Waals surface area contributed by atoms with Crippen LogP contribution in [-0.4, -0.2) is 19.5 Å². The van der Waals surface area contributed by atoms with E-state index in [2.05, 4.69) is 156 Å². The summed E-state index contributed by atoms with van der Waals surface area (Å²) in [5.74, 6) is 1.80. The van der Waals surface area contributed by atoms with Gasteiger partial charge in [0.1, 0.15) is 22.3 Å². The van der Waals surface area contributed by atoms with E-state index in [-0.39, 0.29) is 0 Å². The van der Waals surface area contributed by atoms with Crippen LogP contribution in [0.4, 0.5) is 0 Å². The fraction of sp³-hybridized carbons (Fsp3) is 0. The lowest BCUT2D eigenvalue weighted by molar-refractivity contribution is 0.668. The number of furan rings is 2. The molecule has 0 spiro atoms. The van der Waals surface area contributed by atoms with E-state index in [1.165, 1.54) is 10.8 Å². The third-order valence-corrected chi connectivity index (χ3v) is 12.0. The number of hydrogen-bond acceptors (Lipinski definition) is 5. The number of nitrogens with zero attached hydrogens (tertiary/aromatic N) is 4. The van der Waals surface area contributed by atoms with Crippen molar-refractivity contribution in [3.63, 3.8) is 0 Å². The summed E-state index contributed by atoms with van der Waals surface area (Å²) < 4.78 is 15.6. The van der Waals surface area contributed by atoms with E-state index in [1.54, 1.807) is 0 Å². The first kappa shape index (κ1) is 33.6. The minimum atomic E-state index is 0.578. The summed E-state index contributed by atoms with van der Waals surface area (Å²) in [4.78, 5) is 15.4. The Bertz CT molecular complexity index is 3840. The number of hydrogen-bond donors (Lipinski definition) is 0. The van der Waals surface area contributed by atoms with Crippen LogP contribution in [0.5, 0.6) is 0 Å². The van der Waals surface area contributed by atoms with Crippen LogP contribution in [0.15, 0.2) is 203 Å². The van der Waals surface area contributed by atoms with Gasteiger partial charge in [-0.05, 0) is 76.5 Å². The maximum atomic E-state index is 6.66. The molecule has 0 aliphatic heterocycles. The van der Waals surface area contributed by atoms with Crippen LogP contribution in [0.25, 0.3) is 127 Å². The maximum Gasteiger partial charge on any atom is 0.164 e. The topological polar surface area (TPSA) is 69.9 Å². The molecule has 61 heavy (non-hydrogen) atoms. The zero-order valence-electron chi connectivity index (χ0n) is 32.6. The lowest BCUT2D eigenvalue weighted by Gasteiger charge is -2.11. The van der Waals surface area contributed by atoms with Crippen LogP contribution in [0.1, 0.15) is 0 Å². The van der Waals surface area contributed by atoms with E-state index in [4.69, 9.17) is 23.8 Å². The van der Waals surface area contributed by atoms with Crippen LogP contribution in [0.2, 0.25) is 0 Å². The molecule has 0 N–H and O–H groups in total. The molecule has 0 aliphatic rings. The van der Waals surface area contributed by atoms with Crippen LogP contribution in [-0.2, 0) is 0 Å². The second kappa shape index (κ2) is 13.1. The summed E-state index contributed by atoms with van der Waals surface area (Å²) in [6.07, 6.45) is 0. The van der Waals surface area contributed by atoms with Crippen molar-refractivity contribution in [1.29, 1.82) is 0 Å². The Morgan fingerprint density at radius 1 is 0.328 bits per heavy atom. The van der Waals surface area contributed by atoms with Gasteiger partial charge in [-0.15, -0.1) is 0 Å². The molecule has 0 fully saturated rings.